The molecule has 0 fully saturated rings. The van der Waals surface area contributed by atoms with Crippen molar-refractivity contribution >= 4 is 22.8 Å². The highest BCUT2D eigenvalue weighted by molar-refractivity contribution is 7.81. The monoisotopic (exact) mass is 255 g/mol. The van der Waals surface area contributed by atoms with Gasteiger partial charge in [0, 0.05) is 19.8 Å². The fourth-order valence-corrected chi connectivity index (χ4v) is 2.05. The summed E-state index contributed by atoms with van der Waals surface area (Å²) in [6.07, 6.45) is 0. The summed E-state index contributed by atoms with van der Waals surface area (Å²) in [5, 5.41) is 0. The first kappa shape index (κ1) is 12.8. The van der Waals surface area contributed by atoms with Crippen molar-refractivity contribution in [2.45, 2.75) is 6.92 Å². The van der Waals surface area contributed by atoms with E-state index in [1.807, 2.05) is 14.1 Å². The number of rotatable bonds is 3. The molecule has 0 aromatic heterocycles. The normalized spacial score (nSPS) is 10.2. The molecule has 2 heteroatoms. The van der Waals surface area contributed by atoms with Crippen molar-refractivity contribution in [2.24, 2.45) is 0 Å². The van der Waals surface area contributed by atoms with Gasteiger partial charge in [-0.05, 0) is 30.2 Å². The van der Waals surface area contributed by atoms with Gasteiger partial charge in [-0.25, -0.2) is 0 Å². The Kier molecular flexibility index (Phi) is 3.78. The van der Waals surface area contributed by atoms with Crippen LogP contribution in [0.25, 0.3) is 0 Å². The van der Waals surface area contributed by atoms with E-state index in [1.165, 1.54) is 11.3 Å². The van der Waals surface area contributed by atoms with E-state index in [2.05, 4.69) is 60.4 Å². The Morgan fingerprint density at radius 1 is 0.833 bits per heavy atom. The quantitative estimate of drug-likeness (QED) is 0.606. The van der Waals surface area contributed by atoms with Crippen LogP contribution in [0.5, 0.6) is 0 Å². The standard InChI is InChI=1S/C16H17NS/c1-12-4-6-13(7-5-12)16(18)14-8-10-15(11-9-14)17(2)3/h4-11H,1-3H3. The predicted octanol–water partition coefficient (Wildman–Crippen LogP) is 3.83. The Morgan fingerprint density at radius 3 is 1.72 bits per heavy atom. The third kappa shape index (κ3) is 2.77. The zero-order valence-corrected chi connectivity index (χ0v) is 11.8. The van der Waals surface area contributed by atoms with Gasteiger partial charge in [-0.2, -0.15) is 0 Å². The Hall–Kier alpha value is -1.67. The van der Waals surface area contributed by atoms with E-state index in [-0.39, 0.29) is 0 Å². The third-order valence-corrected chi connectivity index (χ3v) is 3.43. The van der Waals surface area contributed by atoms with Crippen LogP contribution in [0.15, 0.2) is 48.5 Å². The summed E-state index contributed by atoms with van der Waals surface area (Å²) in [4.78, 5) is 2.99. The van der Waals surface area contributed by atoms with Gasteiger partial charge in [-0.3, -0.25) is 0 Å². The minimum absolute atomic E-state index is 0.903. The molecule has 0 bridgehead atoms. The van der Waals surface area contributed by atoms with E-state index in [0.29, 0.717) is 0 Å². The second-order valence-corrected chi connectivity index (χ2v) is 5.04. The van der Waals surface area contributed by atoms with Crippen molar-refractivity contribution in [3.05, 3.63) is 65.2 Å². The lowest BCUT2D eigenvalue weighted by atomic mass is 10.0. The maximum Gasteiger partial charge on any atom is 0.0521 e. The summed E-state index contributed by atoms with van der Waals surface area (Å²) >= 11 is 5.53. The molecule has 2 aromatic carbocycles. The summed E-state index contributed by atoms with van der Waals surface area (Å²) < 4.78 is 0. The van der Waals surface area contributed by atoms with Crippen molar-refractivity contribution in [3.63, 3.8) is 0 Å². The molecule has 0 unspecified atom stereocenters. The van der Waals surface area contributed by atoms with Crippen LogP contribution in [0, 0.1) is 6.92 Å². The minimum Gasteiger partial charge on any atom is -0.378 e. The molecule has 1 nitrogen and oxygen atoms in total. The molecule has 0 saturated carbocycles. The first-order valence-electron chi connectivity index (χ1n) is 5.96. The van der Waals surface area contributed by atoms with Gasteiger partial charge >= 0.3 is 0 Å². The fraction of sp³-hybridized carbons (Fsp3) is 0.188. The summed E-state index contributed by atoms with van der Waals surface area (Å²) in [6.45, 7) is 2.08. The van der Waals surface area contributed by atoms with Gasteiger partial charge in [-0.15, -0.1) is 0 Å². The van der Waals surface area contributed by atoms with Crippen molar-refractivity contribution in [2.75, 3.05) is 19.0 Å². The van der Waals surface area contributed by atoms with Crippen molar-refractivity contribution < 1.29 is 0 Å². The van der Waals surface area contributed by atoms with Gasteiger partial charge in [0.2, 0.25) is 0 Å². The maximum absolute atomic E-state index is 5.53. The average molecular weight is 255 g/mol. The second kappa shape index (κ2) is 5.32. The topological polar surface area (TPSA) is 3.24 Å². The number of benzene rings is 2. The van der Waals surface area contributed by atoms with Crippen LogP contribution in [-0.2, 0) is 0 Å². The summed E-state index contributed by atoms with van der Waals surface area (Å²) in [5.74, 6) is 0. The molecule has 2 rings (SSSR count). The molecule has 0 aliphatic rings. The fourth-order valence-electron chi connectivity index (χ4n) is 1.78. The van der Waals surface area contributed by atoms with E-state index in [9.17, 15) is 0 Å². The lowest BCUT2D eigenvalue weighted by molar-refractivity contribution is 1.13. The molecular weight excluding hydrogens is 238 g/mol. The van der Waals surface area contributed by atoms with Crippen LogP contribution in [0.3, 0.4) is 0 Å². The smallest absolute Gasteiger partial charge is 0.0521 e. The van der Waals surface area contributed by atoms with E-state index >= 15 is 0 Å². The second-order valence-electron chi connectivity index (χ2n) is 4.64. The molecular formula is C16H17NS. The van der Waals surface area contributed by atoms with Crippen LogP contribution in [0.2, 0.25) is 0 Å². The van der Waals surface area contributed by atoms with E-state index < -0.39 is 0 Å². The Bertz CT molecular complexity index is 538. The van der Waals surface area contributed by atoms with Gasteiger partial charge in [0.05, 0.1) is 4.86 Å². The number of hydrogen-bond acceptors (Lipinski definition) is 2. The van der Waals surface area contributed by atoms with Gasteiger partial charge in [0.1, 0.15) is 0 Å². The molecule has 0 saturated heterocycles. The molecule has 0 radical (unpaired) electrons. The first-order chi connectivity index (χ1) is 8.58. The molecule has 0 amide bonds. The summed E-state index contributed by atoms with van der Waals surface area (Å²) in [7, 11) is 4.07. The number of aryl methyl sites for hydroxylation is 1. The van der Waals surface area contributed by atoms with Crippen LogP contribution < -0.4 is 4.90 Å². The molecule has 2 aromatic rings. The molecule has 0 aliphatic heterocycles. The average Bonchev–Trinajstić information content (AvgIpc) is 2.39. The van der Waals surface area contributed by atoms with Gasteiger partial charge < -0.3 is 4.90 Å². The lowest BCUT2D eigenvalue weighted by Crippen LogP contribution is -2.08. The SMILES string of the molecule is Cc1ccc(C(=S)c2ccc(N(C)C)cc2)cc1. The van der Waals surface area contributed by atoms with Gasteiger partial charge in [-0.1, -0.05) is 54.2 Å². The van der Waals surface area contributed by atoms with Gasteiger partial charge in [0.15, 0.2) is 0 Å². The van der Waals surface area contributed by atoms with Crippen LogP contribution in [0.4, 0.5) is 5.69 Å². The number of anilines is 1. The maximum atomic E-state index is 5.53. The zero-order valence-electron chi connectivity index (χ0n) is 11.0. The third-order valence-electron chi connectivity index (χ3n) is 2.96. The number of nitrogens with zero attached hydrogens (tertiary/aromatic N) is 1. The predicted molar refractivity (Wildman–Crippen MR) is 82.8 cm³/mol. The minimum atomic E-state index is 0.903. The van der Waals surface area contributed by atoms with Crippen LogP contribution in [0.1, 0.15) is 16.7 Å². The van der Waals surface area contributed by atoms with Crippen LogP contribution in [-0.4, -0.2) is 19.0 Å². The Balaban J connectivity index is 2.26. The van der Waals surface area contributed by atoms with E-state index in [4.69, 9.17) is 12.2 Å². The summed E-state index contributed by atoms with van der Waals surface area (Å²) in [5.41, 5.74) is 4.64. The van der Waals surface area contributed by atoms with Crippen molar-refractivity contribution in [1.29, 1.82) is 0 Å². The molecule has 0 aliphatic carbocycles. The number of thiocarbonyl (C=S) groups is 1. The molecule has 0 heterocycles. The first-order valence-corrected chi connectivity index (χ1v) is 6.37. The Labute approximate surface area is 114 Å². The van der Waals surface area contributed by atoms with Gasteiger partial charge in [0.25, 0.3) is 0 Å². The summed E-state index contributed by atoms with van der Waals surface area (Å²) in [6, 6.07) is 16.7. The van der Waals surface area contributed by atoms with E-state index in [1.54, 1.807) is 0 Å². The molecule has 0 N–H and O–H groups in total. The van der Waals surface area contributed by atoms with Crippen molar-refractivity contribution in [3.8, 4) is 0 Å². The molecule has 0 spiro atoms. The largest absolute Gasteiger partial charge is 0.378 e. The van der Waals surface area contributed by atoms with Crippen LogP contribution >= 0.6 is 12.2 Å². The zero-order chi connectivity index (χ0) is 13.1. The van der Waals surface area contributed by atoms with E-state index in [0.717, 1.165) is 16.0 Å². The molecule has 92 valence electrons. The highest BCUT2D eigenvalue weighted by Gasteiger charge is 2.04. The highest BCUT2D eigenvalue weighted by Crippen LogP contribution is 2.16. The Morgan fingerprint density at radius 2 is 1.28 bits per heavy atom. The molecule has 18 heavy (non-hydrogen) atoms. The lowest BCUT2D eigenvalue weighted by Gasteiger charge is -2.13. The molecule has 0 atom stereocenters. The highest BCUT2D eigenvalue weighted by atomic mass is 32.1. The van der Waals surface area contributed by atoms with Crippen molar-refractivity contribution in [1.82, 2.24) is 0 Å². The number of hydrogen-bond donors (Lipinski definition) is 0.